The van der Waals surface area contributed by atoms with Crippen LogP contribution in [0, 0.1) is 0 Å². The lowest BCUT2D eigenvalue weighted by molar-refractivity contribution is 0.419. The van der Waals surface area contributed by atoms with Crippen molar-refractivity contribution in [1.29, 1.82) is 0 Å². The fraction of sp³-hybridized carbons (Fsp3) is 0.625. The Bertz CT molecular complexity index is 369. The Morgan fingerprint density at radius 3 is 2.11 bits per heavy atom. The van der Waals surface area contributed by atoms with Crippen LogP contribution in [0.4, 0.5) is 0 Å². The first kappa shape index (κ1) is 13.6. The lowest BCUT2D eigenvalue weighted by Crippen LogP contribution is -2.43. The first-order valence-corrected chi connectivity index (χ1v) is 7.13. The van der Waals surface area contributed by atoms with Crippen LogP contribution in [-0.2, 0) is 0 Å². The van der Waals surface area contributed by atoms with Gasteiger partial charge in [-0.2, -0.15) is 0 Å². The summed E-state index contributed by atoms with van der Waals surface area (Å²) in [7, 11) is 0. The van der Waals surface area contributed by atoms with Crippen molar-refractivity contribution in [2.75, 3.05) is 0 Å². The van der Waals surface area contributed by atoms with E-state index in [0.717, 1.165) is 11.5 Å². The molecule has 1 fully saturated rings. The average molecular weight is 246 g/mol. The van der Waals surface area contributed by atoms with Crippen molar-refractivity contribution in [3.8, 4) is 0 Å². The molecule has 2 nitrogen and oxygen atoms in total. The highest BCUT2D eigenvalue weighted by atomic mass is 14.8. The Morgan fingerprint density at radius 2 is 1.61 bits per heavy atom. The highest BCUT2D eigenvalue weighted by Gasteiger charge is 2.23. The second-order valence-corrected chi connectivity index (χ2v) is 6.30. The topological polar surface area (TPSA) is 52.0 Å². The molecule has 0 aromatic heterocycles. The predicted molar refractivity (Wildman–Crippen MR) is 77.5 cm³/mol. The Hall–Kier alpha value is -0.860. The summed E-state index contributed by atoms with van der Waals surface area (Å²) in [5, 5.41) is 0. The summed E-state index contributed by atoms with van der Waals surface area (Å²) < 4.78 is 0. The molecule has 0 radical (unpaired) electrons. The average Bonchev–Trinajstić information content (AvgIpc) is 2.38. The van der Waals surface area contributed by atoms with Crippen LogP contribution >= 0.6 is 0 Å². The molecule has 2 heteroatoms. The van der Waals surface area contributed by atoms with Gasteiger partial charge in [0.2, 0.25) is 0 Å². The zero-order chi connectivity index (χ0) is 13.2. The zero-order valence-electron chi connectivity index (χ0n) is 11.7. The van der Waals surface area contributed by atoms with E-state index in [1.54, 1.807) is 0 Å². The minimum absolute atomic E-state index is 0.0992. The fourth-order valence-electron chi connectivity index (χ4n) is 2.84. The SMILES string of the molecule is CC(C)(N)C(N)c1ccc(C2CCCCC2)cc1. The fourth-order valence-corrected chi connectivity index (χ4v) is 2.84. The molecule has 100 valence electrons. The molecule has 18 heavy (non-hydrogen) atoms. The van der Waals surface area contributed by atoms with Crippen molar-refractivity contribution in [3.63, 3.8) is 0 Å². The lowest BCUT2D eigenvalue weighted by atomic mass is 9.83. The summed E-state index contributed by atoms with van der Waals surface area (Å²) in [4.78, 5) is 0. The standard InChI is InChI=1S/C16H26N2/c1-16(2,18)15(17)14-10-8-13(9-11-14)12-6-4-3-5-7-12/h8-12,15H,3-7,17-18H2,1-2H3. The Morgan fingerprint density at radius 1 is 1.06 bits per heavy atom. The summed E-state index contributed by atoms with van der Waals surface area (Å²) in [5.41, 5.74) is 14.5. The molecule has 0 bridgehead atoms. The van der Waals surface area contributed by atoms with Gasteiger partial charge in [-0.3, -0.25) is 0 Å². The Kier molecular flexibility index (Phi) is 4.08. The summed E-state index contributed by atoms with van der Waals surface area (Å²) in [6.07, 6.45) is 6.84. The lowest BCUT2D eigenvalue weighted by Gasteiger charge is -2.28. The quantitative estimate of drug-likeness (QED) is 0.858. The van der Waals surface area contributed by atoms with Crippen LogP contribution in [0.1, 0.15) is 69.0 Å². The monoisotopic (exact) mass is 246 g/mol. The predicted octanol–water partition coefficient (Wildman–Crippen LogP) is 3.47. The number of hydrogen-bond donors (Lipinski definition) is 2. The zero-order valence-corrected chi connectivity index (χ0v) is 11.7. The van der Waals surface area contributed by atoms with Gasteiger partial charge in [-0.25, -0.2) is 0 Å². The van der Waals surface area contributed by atoms with Crippen molar-refractivity contribution in [1.82, 2.24) is 0 Å². The van der Waals surface area contributed by atoms with Gasteiger partial charge in [0, 0.05) is 11.6 Å². The van der Waals surface area contributed by atoms with E-state index in [2.05, 4.69) is 24.3 Å². The second-order valence-electron chi connectivity index (χ2n) is 6.30. The van der Waals surface area contributed by atoms with Crippen molar-refractivity contribution in [2.24, 2.45) is 11.5 Å². The normalized spacial score (nSPS) is 19.8. The maximum Gasteiger partial charge on any atom is 0.0472 e. The highest BCUT2D eigenvalue weighted by molar-refractivity contribution is 5.29. The highest BCUT2D eigenvalue weighted by Crippen LogP contribution is 2.33. The summed E-state index contributed by atoms with van der Waals surface area (Å²) in [5.74, 6) is 0.759. The van der Waals surface area contributed by atoms with E-state index in [-0.39, 0.29) is 11.6 Å². The van der Waals surface area contributed by atoms with Crippen molar-refractivity contribution in [3.05, 3.63) is 35.4 Å². The van der Waals surface area contributed by atoms with Gasteiger partial charge in [0.05, 0.1) is 0 Å². The van der Waals surface area contributed by atoms with Gasteiger partial charge >= 0.3 is 0 Å². The number of nitrogens with two attached hydrogens (primary N) is 2. The van der Waals surface area contributed by atoms with Crippen LogP contribution in [-0.4, -0.2) is 5.54 Å². The molecular weight excluding hydrogens is 220 g/mol. The molecule has 1 aromatic carbocycles. The number of hydrogen-bond acceptors (Lipinski definition) is 2. The molecule has 1 saturated carbocycles. The van der Waals surface area contributed by atoms with Crippen molar-refractivity contribution >= 4 is 0 Å². The Labute approximate surface area is 111 Å². The van der Waals surface area contributed by atoms with Crippen LogP contribution in [0.5, 0.6) is 0 Å². The Balaban J connectivity index is 2.09. The van der Waals surface area contributed by atoms with Gasteiger partial charge in [-0.1, -0.05) is 43.5 Å². The van der Waals surface area contributed by atoms with E-state index >= 15 is 0 Å². The van der Waals surface area contributed by atoms with Gasteiger partial charge in [0.25, 0.3) is 0 Å². The molecule has 0 saturated heterocycles. The molecule has 1 unspecified atom stereocenters. The third-order valence-corrected chi connectivity index (χ3v) is 4.17. The maximum absolute atomic E-state index is 6.18. The summed E-state index contributed by atoms with van der Waals surface area (Å²) in [6.45, 7) is 3.96. The van der Waals surface area contributed by atoms with Crippen LogP contribution in [0.15, 0.2) is 24.3 Å². The molecule has 0 spiro atoms. The van der Waals surface area contributed by atoms with Crippen molar-refractivity contribution in [2.45, 2.75) is 63.5 Å². The number of rotatable bonds is 3. The third-order valence-electron chi connectivity index (χ3n) is 4.17. The van der Waals surface area contributed by atoms with E-state index in [1.165, 1.54) is 37.7 Å². The first-order chi connectivity index (χ1) is 8.48. The van der Waals surface area contributed by atoms with Crippen LogP contribution < -0.4 is 11.5 Å². The maximum atomic E-state index is 6.18. The molecule has 0 amide bonds. The van der Waals surface area contributed by atoms with Crippen LogP contribution in [0.25, 0.3) is 0 Å². The van der Waals surface area contributed by atoms with Gasteiger partial charge in [0.1, 0.15) is 0 Å². The van der Waals surface area contributed by atoms with Gasteiger partial charge < -0.3 is 11.5 Å². The first-order valence-electron chi connectivity index (χ1n) is 7.13. The molecule has 1 aromatic rings. The van der Waals surface area contributed by atoms with E-state index < -0.39 is 0 Å². The van der Waals surface area contributed by atoms with E-state index in [9.17, 15) is 0 Å². The molecule has 1 atom stereocenters. The van der Waals surface area contributed by atoms with Gasteiger partial charge in [-0.05, 0) is 43.7 Å². The third kappa shape index (κ3) is 3.12. The van der Waals surface area contributed by atoms with Crippen molar-refractivity contribution < 1.29 is 0 Å². The number of benzene rings is 1. The molecule has 2 rings (SSSR count). The van der Waals surface area contributed by atoms with Crippen LogP contribution in [0.2, 0.25) is 0 Å². The molecule has 1 aliphatic carbocycles. The summed E-state index contributed by atoms with van der Waals surface area (Å²) >= 11 is 0. The molecule has 1 aliphatic rings. The molecule has 4 N–H and O–H groups in total. The largest absolute Gasteiger partial charge is 0.324 e. The van der Waals surface area contributed by atoms with E-state index in [1.807, 2.05) is 13.8 Å². The van der Waals surface area contributed by atoms with E-state index in [0.29, 0.717) is 0 Å². The minimum Gasteiger partial charge on any atom is -0.324 e. The summed E-state index contributed by atoms with van der Waals surface area (Å²) in [6, 6.07) is 8.71. The smallest absolute Gasteiger partial charge is 0.0472 e. The molecule has 0 aliphatic heterocycles. The van der Waals surface area contributed by atoms with E-state index in [4.69, 9.17) is 11.5 Å². The van der Waals surface area contributed by atoms with Gasteiger partial charge in [0.15, 0.2) is 0 Å². The minimum atomic E-state index is -0.369. The molecule has 0 heterocycles. The second kappa shape index (κ2) is 5.41. The van der Waals surface area contributed by atoms with Crippen LogP contribution in [0.3, 0.4) is 0 Å². The van der Waals surface area contributed by atoms with Gasteiger partial charge in [-0.15, -0.1) is 0 Å². The molecular formula is C16H26N2.